The standard InChI is InChI=1S/C17H21ClN2O3/c1-2-23-17(22)12-9-16(21)20(11-12)13-5-6-15(14(18)10-13)19-7-3-4-8-19/h5-6,10,12H,2-4,7-9,11H2,1H3/t12-/m1/s1. The molecule has 0 spiro atoms. The predicted molar refractivity (Wildman–Crippen MR) is 90.0 cm³/mol. The Morgan fingerprint density at radius 2 is 2.09 bits per heavy atom. The fraction of sp³-hybridized carbons (Fsp3) is 0.529. The molecule has 0 bridgehead atoms. The second kappa shape index (κ2) is 6.79. The minimum Gasteiger partial charge on any atom is -0.466 e. The van der Waals surface area contributed by atoms with Gasteiger partial charge in [-0.25, -0.2) is 0 Å². The first-order chi connectivity index (χ1) is 11.1. The first-order valence-electron chi connectivity index (χ1n) is 8.11. The summed E-state index contributed by atoms with van der Waals surface area (Å²) in [7, 11) is 0. The van der Waals surface area contributed by atoms with Gasteiger partial charge in [-0.2, -0.15) is 0 Å². The maximum atomic E-state index is 12.2. The molecule has 0 aliphatic carbocycles. The first kappa shape index (κ1) is 16.1. The Labute approximate surface area is 141 Å². The van der Waals surface area contributed by atoms with Gasteiger partial charge in [-0.1, -0.05) is 11.6 Å². The van der Waals surface area contributed by atoms with Crippen molar-refractivity contribution in [2.45, 2.75) is 26.2 Å². The van der Waals surface area contributed by atoms with Crippen LogP contribution in [0.15, 0.2) is 18.2 Å². The molecule has 2 aliphatic heterocycles. The third kappa shape index (κ3) is 3.29. The Balaban J connectivity index is 1.75. The number of hydrogen-bond donors (Lipinski definition) is 0. The quantitative estimate of drug-likeness (QED) is 0.793. The highest BCUT2D eigenvalue weighted by Gasteiger charge is 2.36. The number of nitrogens with zero attached hydrogens (tertiary/aromatic N) is 2. The number of rotatable bonds is 4. The molecule has 0 unspecified atom stereocenters. The summed E-state index contributed by atoms with van der Waals surface area (Å²) in [4.78, 5) is 27.9. The van der Waals surface area contributed by atoms with Gasteiger partial charge in [0.2, 0.25) is 5.91 Å². The Hall–Kier alpha value is -1.75. The summed E-state index contributed by atoms with van der Waals surface area (Å²) in [6, 6.07) is 5.69. The molecular formula is C17H21ClN2O3. The van der Waals surface area contributed by atoms with Crippen LogP contribution < -0.4 is 9.80 Å². The molecule has 1 aromatic carbocycles. The molecule has 0 radical (unpaired) electrons. The zero-order valence-corrected chi connectivity index (χ0v) is 14.0. The molecule has 23 heavy (non-hydrogen) atoms. The summed E-state index contributed by atoms with van der Waals surface area (Å²) < 4.78 is 5.02. The maximum absolute atomic E-state index is 12.2. The second-order valence-corrected chi connectivity index (χ2v) is 6.39. The van der Waals surface area contributed by atoms with E-state index >= 15 is 0 Å². The molecule has 5 nitrogen and oxygen atoms in total. The summed E-state index contributed by atoms with van der Waals surface area (Å²) in [5, 5.41) is 0.650. The molecule has 1 aromatic rings. The molecule has 0 saturated carbocycles. The van der Waals surface area contributed by atoms with E-state index in [1.54, 1.807) is 11.8 Å². The van der Waals surface area contributed by atoms with E-state index in [2.05, 4.69) is 4.90 Å². The summed E-state index contributed by atoms with van der Waals surface area (Å²) in [6.45, 7) is 4.50. The number of anilines is 2. The van der Waals surface area contributed by atoms with Gasteiger partial charge in [0.25, 0.3) is 0 Å². The van der Waals surface area contributed by atoms with Crippen molar-refractivity contribution < 1.29 is 14.3 Å². The summed E-state index contributed by atoms with van der Waals surface area (Å²) >= 11 is 6.41. The molecule has 2 fully saturated rings. The van der Waals surface area contributed by atoms with Crippen LogP contribution in [0, 0.1) is 5.92 Å². The number of benzene rings is 1. The zero-order valence-electron chi connectivity index (χ0n) is 13.3. The molecule has 2 aliphatic rings. The summed E-state index contributed by atoms with van der Waals surface area (Å²) in [6.07, 6.45) is 2.57. The lowest BCUT2D eigenvalue weighted by molar-refractivity contribution is -0.147. The molecule has 0 aromatic heterocycles. The predicted octanol–water partition coefficient (Wildman–Crippen LogP) is 2.86. The Kier molecular flexibility index (Phi) is 4.76. The fourth-order valence-electron chi connectivity index (χ4n) is 3.25. The van der Waals surface area contributed by atoms with Crippen LogP contribution in [-0.4, -0.2) is 38.1 Å². The normalized spacial score (nSPS) is 21.1. The minimum atomic E-state index is -0.389. The van der Waals surface area contributed by atoms with Gasteiger partial charge >= 0.3 is 5.97 Å². The number of carbonyl (C=O) groups excluding carboxylic acids is 2. The largest absolute Gasteiger partial charge is 0.466 e. The van der Waals surface area contributed by atoms with Crippen molar-refractivity contribution in [3.63, 3.8) is 0 Å². The van der Waals surface area contributed by atoms with Gasteiger partial charge in [0.05, 0.1) is 23.2 Å². The molecule has 3 rings (SSSR count). The van der Waals surface area contributed by atoms with Crippen LogP contribution in [0.2, 0.25) is 5.02 Å². The molecular weight excluding hydrogens is 316 g/mol. The van der Waals surface area contributed by atoms with Crippen LogP contribution in [0.4, 0.5) is 11.4 Å². The fourth-order valence-corrected chi connectivity index (χ4v) is 3.55. The number of halogens is 1. The van der Waals surface area contributed by atoms with Crippen molar-refractivity contribution in [3.8, 4) is 0 Å². The number of carbonyl (C=O) groups is 2. The number of hydrogen-bond acceptors (Lipinski definition) is 4. The van der Waals surface area contributed by atoms with Gasteiger partial charge in [0, 0.05) is 31.7 Å². The van der Waals surface area contributed by atoms with E-state index in [-0.39, 0.29) is 24.2 Å². The van der Waals surface area contributed by atoms with Gasteiger partial charge < -0.3 is 14.5 Å². The topological polar surface area (TPSA) is 49.9 Å². The highest BCUT2D eigenvalue weighted by atomic mass is 35.5. The van der Waals surface area contributed by atoms with Gasteiger partial charge in [-0.3, -0.25) is 9.59 Å². The van der Waals surface area contributed by atoms with Crippen LogP contribution in [0.5, 0.6) is 0 Å². The Bertz CT molecular complexity index is 614. The first-order valence-corrected chi connectivity index (χ1v) is 8.49. The van der Waals surface area contributed by atoms with Crippen molar-refractivity contribution >= 4 is 34.9 Å². The highest BCUT2D eigenvalue weighted by molar-refractivity contribution is 6.33. The zero-order chi connectivity index (χ0) is 16.4. The number of esters is 1. The number of amides is 1. The lowest BCUT2D eigenvalue weighted by Crippen LogP contribution is -2.26. The Morgan fingerprint density at radius 1 is 1.35 bits per heavy atom. The molecule has 124 valence electrons. The molecule has 1 amide bonds. The lowest BCUT2D eigenvalue weighted by Gasteiger charge is -2.22. The van der Waals surface area contributed by atoms with E-state index in [9.17, 15) is 9.59 Å². The van der Waals surface area contributed by atoms with E-state index in [0.717, 1.165) is 24.5 Å². The van der Waals surface area contributed by atoms with Crippen LogP contribution in [0.25, 0.3) is 0 Å². The van der Waals surface area contributed by atoms with Crippen molar-refractivity contribution in [1.82, 2.24) is 0 Å². The second-order valence-electron chi connectivity index (χ2n) is 5.99. The molecule has 6 heteroatoms. The van der Waals surface area contributed by atoms with Gasteiger partial charge in [0.15, 0.2) is 0 Å². The van der Waals surface area contributed by atoms with Gasteiger partial charge in [0.1, 0.15) is 0 Å². The minimum absolute atomic E-state index is 0.0620. The van der Waals surface area contributed by atoms with Crippen molar-refractivity contribution in [3.05, 3.63) is 23.2 Å². The number of ether oxygens (including phenoxy) is 1. The smallest absolute Gasteiger partial charge is 0.311 e. The maximum Gasteiger partial charge on any atom is 0.311 e. The van der Waals surface area contributed by atoms with E-state index < -0.39 is 0 Å². The summed E-state index contributed by atoms with van der Waals surface area (Å²) in [5.74, 6) is -0.754. The van der Waals surface area contributed by atoms with Crippen LogP contribution in [0.3, 0.4) is 0 Å². The Morgan fingerprint density at radius 3 is 2.74 bits per heavy atom. The van der Waals surface area contributed by atoms with E-state index in [0.29, 0.717) is 18.2 Å². The third-order valence-electron chi connectivity index (χ3n) is 4.43. The highest BCUT2D eigenvalue weighted by Crippen LogP contribution is 2.34. The van der Waals surface area contributed by atoms with Crippen LogP contribution in [-0.2, 0) is 14.3 Å². The monoisotopic (exact) mass is 336 g/mol. The molecule has 1 atom stereocenters. The van der Waals surface area contributed by atoms with Gasteiger partial charge in [-0.15, -0.1) is 0 Å². The lowest BCUT2D eigenvalue weighted by atomic mass is 10.1. The van der Waals surface area contributed by atoms with Crippen molar-refractivity contribution in [1.29, 1.82) is 0 Å². The molecule has 0 N–H and O–H groups in total. The van der Waals surface area contributed by atoms with Gasteiger partial charge in [-0.05, 0) is 38.0 Å². The van der Waals surface area contributed by atoms with Crippen molar-refractivity contribution in [2.24, 2.45) is 5.92 Å². The molecule has 2 heterocycles. The molecule has 2 saturated heterocycles. The van der Waals surface area contributed by atoms with Crippen LogP contribution in [0.1, 0.15) is 26.2 Å². The third-order valence-corrected chi connectivity index (χ3v) is 4.74. The average Bonchev–Trinajstić information content (AvgIpc) is 3.17. The van der Waals surface area contributed by atoms with Crippen LogP contribution >= 0.6 is 11.6 Å². The average molecular weight is 337 g/mol. The SMILES string of the molecule is CCOC(=O)[C@@H]1CC(=O)N(c2ccc(N3CCCC3)c(Cl)c2)C1. The summed E-state index contributed by atoms with van der Waals surface area (Å²) in [5.41, 5.74) is 1.76. The van der Waals surface area contributed by atoms with E-state index in [1.807, 2.05) is 18.2 Å². The van der Waals surface area contributed by atoms with Crippen molar-refractivity contribution in [2.75, 3.05) is 36.0 Å². The van der Waals surface area contributed by atoms with E-state index in [1.165, 1.54) is 12.8 Å². The van der Waals surface area contributed by atoms with E-state index in [4.69, 9.17) is 16.3 Å².